The Morgan fingerprint density at radius 1 is 0.294 bits per heavy atom. The van der Waals surface area contributed by atoms with Crippen LogP contribution in [-0.4, -0.2) is 0 Å². The molecule has 236 valence electrons. The first-order valence-electron chi connectivity index (χ1n) is 17.8. The van der Waals surface area contributed by atoms with Gasteiger partial charge in [0.15, 0.2) is 0 Å². The molecule has 0 unspecified atom stereocenters. The molecule has 51 heavy (non-hydrogen) atoms. The zero-order valence-corrected chi connectivity index (χ0v) is 28.0. The van der Waals surface area contributed by atoms with Crippen molar-refractivity contribution >= 4 is 43.1 Å². The Labute approximate surface area is 297 Å². The maximum atomic E-state index is 2.53. The lowest BCUT2D eigenvalue weighted by atomic mass is 9.67. The summed E-state index contributed by atoms with van der Waals surface area (Å²) in [7, 11) is 0. The summed E-state index contributed by atoms with van der Waals surface area (Å²) >= 11 is 0. The highest BCUT2D eigenvalue weighted by Crippen LogP contribution is 2.60. The van der Waals surface area contributed by atoms with E-state index in [-0.39, 0.29) is 0 Å². The Morgan fingerprint density at radius 3 is 1.53 bits per heavy atom. The Bertz CT molecular complexity index is 2880. The second kappa shape index (κ2) is 10.7. The van der Waals surface area contributed by atoms with Crippen molar-refractivity contribution in [2.24, 2.45) is 0 Å². The van der Waals surface area contributed by atoms with Gasteiger partial charge in [-0.1, -0.05) is 170 Å². The lowest BCUT2D eigenvalue weighted by molar-refractivity contribution is 0.770. The minimum atomic E-state index is -0.527. The van der Waals surface area contributed by atoms with E-state index in [0.29, 0.717) is 0 Å². The van der Waals surface area contributed by atoms with Crippen LogP contribution in [0.1, 0.15) is 22.3 Å². The molecule has 0 atom stereocenters. The molecule has 0 saturated carbocycles. The summed E-state index contributed by atoms with van der Waals surface area (Å²) in [5.74, 6) is 0. The fraction of sp³-hybridized carbons (Fsp3) is 0.0196. The molecule has 0 amide bonds. The van der Waals surface area contributed by atoms with Crippen LogP contribution in [0.2, 0.25) is 0 Å². The molecule has 11 rings (SSSR count). The number of rotatable bonds is 4. The van der Waals surface area contributed by atoms with Gasteiger partial charge >= 0.3 is 0 Å². The molecule has 0 N–H and O–H groups in total. The summed E-state index contributed by atoms with van der Waals surface area (Å²) in [6.07, 6.45) is 0. The second-order valence-electron chi connectivity index (χ2n) is 14.0. The van der Waals surface area contributed by atoms with E-state index < -0.39 is 5.41 Å². The van der Waals surface area contributed by atoms with Gasteiger partial charge in [-0.25, -0.2) is 0 Å². The Kier molecular flexibility index (Phi) is 5.97. The van der Waals surface area contributed by atoms with Crippen molar-refractivity contribution in [2.45, 2.75) is 5.41 Å². The molecule has 0 aliphatic heterocycles. The molecule has 0 radical (unpaired) electrons. The van der Waals surface area contributed by atoms with Crippen LogP contribution in [-0.2, 0) is 5.41 Å². The van der Waals surface area contributed by atoms with Crippen molar-refractivity contribution in [2.75, 3.05) is 0 Å². The smallest absolute Gasteiger partial charge is 0.0622 e. The molecule has 0 aromatic heterocycles. The maximum absolute atomic E-state index is 2.53. The van der Waals surface area contributed by atoms with E-state index in [1.54, 1.807) is 0 Å². The van der Waals surface area contributed by atoms with Gasteiger partial charge in [0.05, 0.1) is 5.41 Å². The van der Waals surface area contributed by atoms with Gasteiger partial charge in [0.2, 0.25) is 0 Å². The van der Waals surface area contributed by atoms with Gasteiger partial charge in [-0.05, 0) is 123 Å². The largest absolute Gasteiger partial charge is 0.0714 e. The average Bonchev–Trinajstić information content (AvgIpc) is 3.49. The Hall–Kier alpha value is -6.50. The van der Waals surface area contributed by atoms with Gasteiger partial charge in [0.25, 0.3) is 0 Å². The van der Waals surface area contributed by atoms with Gasteiger partial charge in [-0.15, -0.1) is 0 Å². The third-order valence-electron chi connectivity index (χ3n) is 11.4. The molecule has 0 nitrogen and oxygen atoms in total. The summed E-state index contributed by atoms with van der Waals surface area (Å²) < 4.78 is 0. The van der Waals surface area contributed by atoms with E-state index in [9.17, 15) is 0 Å². The van der Waals surface area contributed by atoms with Gasteiger partial charge in [-0.2, -0.15) is 0 Å². The second-order valence-corrected chi connectivity index (χ2v) is 14.0. The lowest BCUT2D eigenvalue weighted by Crippen LogP contribution is -2.28. The normalized spacial score (nSPS) is 13.3. The fourth-order valence-corrected chi connectivity index (χ4v) is 9.28. The maximum Gasteiger partial charge on any atom is 0.0714 e. The third kappa shape index (κ3) is 3.96. The SMILES string of the molecule is c1ccc(-c2cc(-c3ccc4ccc5cccc6ccc3c4c56)cc3c2-c2cc4ccccc4cc2C3(c2ccccc2)c2ccccc2)cc1. The van der Waals surface area contributed by atoms with Crippen LogP contribution in [0.15, 0.2) is 194 Å². The first-order valence-corrected chi connectivity index (χ1v) is 17.8. The van der Waals surface area contributed by atoms with E-state index >= 15 is 0 Å². The Balaban J connectivity index is 1.33. The first kappa shape index (κ1) is 28.3. The van der Waals surface area contributed by atoms with Crippen LogP contribution in [0.5, 0.6) is 0 Å². The zero-order chi connectivity index (χ0) is 33.5. The van der Waals surface area contributed by atoms with Crippen LogP contribution in [0.3, 0.4) is 0 Å². The van der Waals surface area contributed by atoms with Crippen molar-refractivity contribution in [1.29, 1.82) is 0 Å². The number of benzene rings is 10. The van der Waals surface area contributed by atoms with E-state index in [2.05, 4.69) is 194 Å². The molecule has 1 aliphatic carbocycles. The predicted octanol–water partition coefficient (Wildman–Crippen LogP) is 13.4. The molecular formula is C51H32. The summed E-state index contributed by atoms with van der Waals surface area (Å²) in [6, 6.07) is 72.6. The van der Waals surface area contributed by atoms with Gasteiger partial charge in [-0.3, -0.25) is 0 Å². The molecule has 1 aliphatic rings. The fourth-order valence-electron chi connectivity index (χ4n) is 9.28. The molecule has 10 aromatic rings. The van der Waals surface area contributed by atoms with Crippen molar-refractivity contribution in [3.8, 4) is 33.4 Å². The van der Waals surface area contributed by atoms with Crippen LogP contribution in [0.4, 0.5) is 0 Å². The molecule has 0 heteroatoms. The van der Waals surface area contributed by atoms with Crippen LogP contribution in [0, 0.1) is 0 Å². The van der Waals surface area contributed by atoms with Crippen LogP contribution in [0.25, 0.3) is 76.5 Å². The zero-order valence-electron chi connectivity index (χ0n) is 28.0. The highest BCUT2D eigenvalue weighted by atomic mass is 14.5. The van der Waals surface area contributed by atoms with Gasteiger partial charge in [0.1, 0.15) is 0 Å². The quantitative estimate of drug-likeness (QED) is 0.167. The summed E-state index contributed by atoms with van der Waals surface area (Å²) in [6.45, 7) is 0. The van der Waals surface area contributed by atoms with E-state index in [1.807, 2.05) is 0 Å². The highest BCUT2D eigenvalue weighted by molar-refractivity contribution is 6.25. The van der Waals surface area contributed by atoms with E-state index in [4.69, 9.17) is 0 Å². The standard InChI is InChI=1S/C51H32/c1-4-13-33(14-5-1)44-30-39(42-27-25-36-24-23-34-17-12-18-35-26-28-43(42)49(36)48(34)35)32-47-50(44)45-29-37-15-10-11-16-38(37)31-46(45)51(47,40-19-6-2-7-20-40)41-21-8-3-9-22-41/h1-32H. The molecule has 0 bridgehead atoms. The Morgan fingerprint density at radius 2 is 0.843 bits per heavy atom. The van der Waals surface area contributed by atoms with Crippen molar-refractivity contribution in [3.05, 3.63) is 216 Å². The number of fused-ring (bicyclic) bond motifs is 4. The monoisotopic (exact) mass is 644 g/mol. The van der Waals surface area contributed by atoms with Gasteiger partial charge in [0, 0.05) is 0 Å². The predicted molar refractivity (Wildman–Crippen MR) is 216 cm³/mol. The van der Waals surface area contributed by atoms with Gasteiger partial charge < -0.3 is 0 Å². The van der Waals surface area contributed by atoms with Crippen LogP contribution >= 0.6 is 0 Å². The summed E-state index contributed by atoms with van der Waals surface area (Å²) in [5.41, 5.74) is 12.3. The molecule has 0 spiro atoms. The van der Waals surface area contributed by atoms with Crippen molar-refractivity contribution in [1.82, 2.24) is 0 Å². The molecule has 0 heterocycles. The topological polar surface area (TPSA) is 0 Å². The van der Waals surface area contributed by atoms with E-state index in [1.165, 1.54) is 98.7 Å². The minimum absolute atomic E-state index is 0.527. The minimum Gasteiger partial charge on any atom is -0.0622 e. The molecule has 0 saturated heterocycles. The number of hydrogen-bond donors (Lipinski definition) is 0. The van der Waals surface area contributed by atoms with Crippen LogP contribution < -0.4 is 0 Å². The summed E-state index contributed by atoms with van der Waals surface area (Å²) in [4.78, 5) is 0. The highest BCUT2D eigenvalue weighted by Gasteiger charge is 2.47. The lowest BCUT2D eigenvalue weighted by Gasteiger charge is -2.34. The summed E-state index contributed by atoms with van der Waals surface area (Å²) in [5, 5.41) is 10.4. The van der Waals surface area contributed by atoms with E-state index in [0.717, 1.165) is 0 Å². The molecule has 10 aromatic carbocycles. The first-order chi connectivity index (χ1) is 25.3. The molecular weight excluding hydrogens is 613 g/mol. The van der Waals surface area contributed by atoms with Crippen molar-refractivity contribution < 1.29 is 0 Å². The third-order valence-corrected chi connectivity index (χ3v) is 11.4. The van der Waals surface area contributed by atoms with Crippen molar-refractivity contribution in [3.63, 3.8) is 0 Å². The average molecular weight is 645 g/mol. The molecule has 0 fully saturated rings. The number of hydrogen-bond acceptors (Lipinski definition) is 0.